The van der Waals surface area contributed by atoms with Gasteiger partial charge in [0.1, 0.15) is 0 Å². The molecular formula is C9H15N5OS2. The molecule has 94 valence electrons. The first kappa shape index (κ1) is 13.8. The minimum absolute atomic E-state index is 0.0101. The summed E-state index contributed by atoms with van der Waals surface area (Å²) in [6.45, 7) is 4.05. The average molecular weight is 273 g/mol. The summed E-state index contributed by atoms with van der Waals surface area (Å²) in [5.41, 5.74) is 6.32. The van der Waals surface area contributed by atoms with Gasteiger partial charge in [-0.05, 0) is 6.92 Å². The van der Waals surface area contributed by atoms with Crippen molar-refractivity contribution in [1.82, 2.24) is 4.98 Å². The highest BCUT2D eigenvalue weighted by Crippen LogP contribution is 2.23. The van der Waals surface area contributed by atoms with Crippen molar-refractivity contribution in [1.29, 1.82) is 0 Å². The fraction of sp³-hybridized carbons (Fsp3) is 0.444. The van der Waals surface area contributed by atoms with Gasteiger partial charge < -0.3 is 11.6 Å². The van der Waals surface area contributed by atoms with Crippen molar-refractivity contribution < 1.29 is 4.79 Å². The summed E-state index contributed by atoms with van der Waals surface area (Å²) in [6, 6.07) is 0. The van der Waals surface area contributed by atoms with E-state index in [-0.39, 0.29) is 5.91 Å². The number of hydrogen-bond donors (Lipinski definition) is 2. The van der Waals surface area contributed by atoms with Gasteiger partial charge >= 0.3 is 0 Å². The van der Waals surface area contributed by atoms with Gasteiger partial charge in [0.15, 0.2) is 10.3 Å². The number of amides is 1. The van der Waals surface area contributed by atoms with E-state index in [1.54, 1.807) is 4.90 Å². The van der Waals surface area contributed by atoms with Gasteiger partial charge in [0.25, 0.3) is 0 Å². The van der Waals surface area contributed by atoms with Crippen molar-refractivity contribution in [3.05, 3.63) is 11.1 Å². The molecule has 8 heteroatoms. The van der Waals surface area contributed by atoms with Gasteiger partial charge in [-0.15, -0.1) is 11.3 Å². The zero-order valence-electron chi connectivity index (χ0n) is 9.71. The highest BCUT2D eigenvalue weighted by molar-refractivity contribution is 8.13. The molecule has 0 radical (unpaired) electrons. The Hall–Kier alpha value is -1.28. The Morgan fingerprint density at radius 1 is 1.71 bits per heavy atom. The topological polar surface area (TPSA) is 97.6 Å². The van der Waals surface area contributed by atoms with Crippen LogP contribution in [0.5, 0.6) is 0 Å². The molecule has 0 spiro atoms. The summed E-state index contributed by atoms with van der Waals surface area (Å²) in [6.07, 6.45) is 0. The van der Waals surface area contributed by atoms with E-state index in [0.717, 1.165) is 5.69 Å². The largest absolute Gasteiger partial charge is 0.377 e. The summed E-state index contributed by atoms with van der Waals surface area (Å²) >= 11 is 2.75. The van der Waals surface area contributed by atoms with Crippen LogP contribution in [0.3, 0.4) is 0 Å². The second-order valence-corrected chi connectivity index (χ2v) is 4.97. The molecule has 0 unspecified atom stereocenters. The summed E-state index contributed by atoms with van der Waals surface area (Å²) in [5, 5.41) is 6.28. The van der Waals surface area contributed by atoms with E-state index in [1.165, 1.54) is 30.0 Å². The van der Waals surface area contributed by atoms with Crippen LogP contribution < -0.4 is 16.5 Å². The normalized spacial score (nSPS) is 11.5. The van der Waals surface area contributed by atoms with Crippen LogP contribution >= 0.6 is 23.1 Å². The van der Waals surface area contributed by atoms with E-state index in [0.29, 0.717) is 22.6 Å². The molecule has 1 heterocycles. The number of nitrogens with zero attached hydrogens (tertiary/aromatic N) is 3. The van der Waals surface area contributed by atoms with Gasteiger partial charge in [-0.3, -0.25) is 9.69 Å². The summed E-state index contributed by atoms with van der Waals surface area (Å²) in [5.74, 6) is 5.61. The van der Waals surface area contributed by atoms with Crippen LogP contribution in [-0.2, 0) is 10.5 Å². The van der Waals surface area contributed by atoms with E-state index in [9.17, 15) is 4.79 Å². The van der Waals surface area contributed by atoms with Crippen molar-refractivity contribution >= 4 is 39.3 Å². The first-order valence-corrected chi connectivity index (χ1v) is 6.83. The van der Waals surface area contributed by atoms with Crippen LogP contribution in [0.1, 0.15) is 19.5 Å². The monoisotopic (exact) mass is 273 g/mol. The Morgan fingerprint density at radius 3 is 2.94 bits per heavy atom. The number of anilines is 1. The third kappa shape index (κ3) is 3.90. The summed E-state index contributed by atoms with van der Waals surface area (Å²) in [4.78, 5) is 17.3. The highest BCUT2D eigenvalue weighted by atomic mass is 32.2. The number of thioether (sulfide) groups is 1. The third-order valence-electron chi connectivity index (χ3n) is 1.96. The smallest absolute Gasteiger partial charge is 0.225 e. The van der Waals surface area contributed by atoms with E-state index in [4.69, 9.17) is 11.6 Å². The van der Waals surface area contributed by atoms with Gasteiger partial charge in [-0.25, -0.2) is 4.98 Å². The van der Waals surface area contributed by atoms with E-state index in [1.807, 2.05) is 12.3 Å². The average Bonchev–Trinajstić information content (AvgIpc) is 2.75. The fourth-order valence-electron chi connectivity index (χ4n) is 1.16. The van der Waals surface area contributed by atoms with E-state index in [2.05, 4.69) is 10.1 Å². The quantitative estimate of drug-likeness (QED) is 0.368. The van der Waals surface area contributed by atoms with E-state index < -0.39 is 0 Å². The minimum Gasteiger partial charge on any atom is -0.377 e. The molecule has 1 rings (SSSR count). The molecule has 0 fully saturated rings. The molecule has 6 nitrogen and oxygen atoms in total. The van der Waals surface area contributed by atoms with Crippen molar-refractivity contribution in [2.45, 2.75) is 19.6 Å². The summed E-state index contributed by atoms with van der Waals surface area (Å²) < 4.78 is 0. The molecule has 17 heavy (non-hydrogen) atoms. The number of rotatable bonds is 4. The highest BCUT2D eigenvalue weighted by Gasteiger charge is 2.13. The SMILES string of the molecule is CCN(C(C)=O)c1nc(CSC(N)=NN)cs1. The second-order valence-electron chi connectivity index (χ2n) is 3.14. The number of carbonyl (C=O) groups is 1. The molecule has 4 N–H and O–H groups in total. The zero-order valence-corrected chi connectivity index (χ0v) is 11.3. The lowest BCUT2D eigenvalue weighted by atomic mass is 10.5. The fourth-order valence-corrected chi connectivity index (χ4v) is 2.72. The first-order valence-electron chi connectivity index (χ1n) is 4.97. The maximum atomic E-state index is 11.3. The Kier molecular flexibility index (Phi) is 5.23. The van der Waals surface area contributed by atoms with Crippen molar-refractivity contribution in [2.75, 3.05) is 11.4 Å². The van der Waals surface area contributed by atoms with Crippen LogP contribution in [0.4, 0.5) is 5.13 Å². The molecule has 0 saturated carbocycles. The van der Waals surface area contributed by atoms with Gasteiger partial charge in [0, 0.05) is 24.6 Å². The number of hydrogen-bond acceptors (Lipinski definition) is 6. The molecule has 1 aromatic heterocycles. The lowest BCUT2D eigenvalue weighted by Crippen LogP contribution is -2.27. The molecule has 0 aliphatic heterocycles. The lowest BCUT2D eigenvalue weighted by molar-refractivity contribution is -0.116. The van der Waals surface area contributed by atoms with Gasteiger partial charge in [0.05, 0.1) is 5.69 Å². The van der Waals surface area contributed by atoms with Crippen LogP contribution in [0.25, 0.3) is 0 Å². The van der Waals surface area contributed by atoms with Crippen molar-refractivity contribution in [3.8, 4) is 0 Å². The first-order chi connectivity index (χ1) is 8.08. The standard InChI is InChI=1S/C9H15N5OS2/c1-3-14(6(2)15)9-12-7(5-17-9)4-16-8(10)13-11/h5H,3-4,11H2,1-2H3,(H2,10,13). The van der Waals surface area contributed by atoms with E-state index >= 15 is 0 Å². The number of aromatic nitrogens is 1. The Balaban J connectivity index is 2.67. The van der Waals surface area contributed by atoms with Gasteiger partial charge in [-0.1, -0.05) is 11.8 Å². The lowest BCUT2D eigenvalue weighted by Gasteiger charge is -2.14. The second kappa shape index (κ2) is 6.45. The number of hydrazone groups is 1. The molecule has 0 saturated heterocycles. The van der Waals surface area contributed by atoms with Crippen LogP contribution in [0.15, 0.2) is 10.5 Å². The number of carbonyl (C=O) groups excluding carboxylic acids is 1. The predicted octanol–water partition coefficient (Wildman–Crippen LogP) is 0.938. The molecule has 0 aliphatic rings. The van der Waals surface area contributed by atoms with Crippen LogP contribution in [-0.4, -0.2) is 22.6 Å². The third-order valence-corrected chi connectivity index (χ3v) is 3.72. The van der Waals surface area contributed by atoms with Crippen molar-refractivity contribution in [2.24, 2.45) is 16.7 Å². The van der Waals surface area contributed by atoms with Crippen LogP contribution in [0.2, 0.25) is 0 Å². The molecule has 0 atom stereocenters. The molecule has 0 aromatic carbocycles. The Labute approximate surface area is 108 Å². The molecule has 0 aliphatic carbocycles. The molecule has 1 amide bonds. The minimum atomic E-state index is -0.0101. The number of thiazole rings is 1. The molecular weight excluding hydrogens is 258 g/mol. The van der Waals surface area contributed by atoms with Crippen LogP contribution in [0, 0.1) is 0 Å². The Bertz CT molecular complexity index is 417. The molecule has 0 bridgehead atoms. The molecule has 1 aromatic rings. The Morgan fingerprint density at radius 2 is 2.41 bits per heavy atom. The predicted molar refractivity (Wildman–Crippen MR) is 72.9 cm³/mol. The summed E-state index contributed by atoms with van der Waals surface area (Å²) in [7, 11) is 0. The van der Waals surface area contributed by atoms with Gasteiger partial charge in [0.2, 0.25) is 5.91 Å². The zero-order chi connectivity index (χ0) is 12.8. The maximum Gasteiger partial charge on any atom is 0.225 e. The number of nitrogens with two attached hydrogens (primary N) is 2. The van der Waals surface area contributed by atoms with Gasteiger partial charge in [-0.2, -0.15) is 5.10 Å². The maximum absolute atomic E-state index is 11.3. The number of amidine groups is 1. The van der Waals surface area contributed by atoms with Crippen molar-refractivity contribution in [3.63, 3.8) is 0 Å².